The predicted molar refractivity (Wildman–Crippen MR) is 165 cm³/mol. The monoisotopic (exact) mass is 540 g/mol. The molecule has 2 unspecified atom stereocenters. The summed E-state index contributed by atoms with van der Waals surface area (Å²) in [7, 11) is 0. The van der Waals surface area contributed by atoms with Crippen LogP contribution in [0.15, 0.2) is 54.6 Å². The molecule has 2 N–H and O–H groups in total. The lowest BCUT2D eigenvalue weighted by atomic mass is 9.79. The maximum absolute atomic E-state index is 7.06. The summed E-state index contributed by atoms with van der Waals surface area (Å²) in [5, 5.41) is 0. The summed E-state index contributed by atoms with van der Waals surface area (Å²) in [5.74, 6) is 1.33. The fraction of sp³-hybridized carbons (Fsp3) is 0.528. The molecule has 4 heteroatoms. The summed E-state index contributed by atoms with van der Waals surface area (Å²) in [6, 6.07) is 19.4. The predicted octanol–water partition coefficient (Wildman–Crippen LogP) is 8.15. The highest BCUT2D eigenvalue weighted by Crippen LogP contribution is 2.37. The number of rotatable bonds is 11. The number of hydrogen-bond acceptors (Lipinski definition) is 4. The molecule has 2 aliphatic carbocycles. The average molecular weight is 541 g/mol. The minimum absolute atomic E-state index is 0.00693. The zero-order valence-corrected chi connectivity index (χ0v) is 24.8. The van der Waals surface area contributed by atoms with Crippen molar-refractivity contribution in [2.24, 2.45) is 11.7 Å². The van der Waals surface area contributed by atoms with Crippen molar-refractivity contribution in [1.82, 2.24) is 4.98 Å². The van der Waals surface area contributed by atoms with E-state index in [-0.39, 0.29) is 18.2 Å². The molecule has 2 aromatic carbocycles. The second-order valence-electron chi connectivity index (χ2n) is 11.9. The summed E-state index contributed by atoms with van der Waals surface area (Å²) < 4.78 is 13.3. The lowest BCUT2D eigenvalue weighted by Gasteiger charge is -2.36. The number of aromatic nitrogens is 1. The van der Waals surface area contributed by atoms with Crippen LogP contribution in [0.2, 0.25) is 0 Å². The van der Waals surface area contributed by atoms with Crippen molar-refractivity contribution in [1.29, 1.82) is 0 Å². The first-order valence-corrected chi connectivity index (χ1v) is 15.8. The van der Waals surface area contributed by atoms with Crippen molar-refractivity contribution >= 4 is 0 Å². The van der Waals surface area contributed by atoms with Crippen molar-refractivity contribution in [2.75, 3.05) is 0 Å². The van der Waals surface area contributed by atoms with Crippen LogP contribution in [0.25, 0.3) is 11.3 Å². The lowest BCUT2D eigenvalue weighted by molar-refractivity contribution is -0.0288. The normalized spacial score (nSPS) is 20.5. The quantitative estimate of drug-likeness (QED) is 0.267. The van der Waals surface area contributed by atoms with Gasteiger partial charge in [0.25, 0.3) is 0 Å². The van der Waals surface area contributed by atoms with Gasteiger partial charge in [-0.3, -0.25) is 4.98 Å². The molecule has 0 aliphatic heterocycles. The molecule has 0 saturated heterocycles. The molecular formula is C36H48N2O2. The van der Waals surface area contributed by atoms with E-state index in [1.54, 1.807) is 0 Å². The molecule has 1 heterocycles. The first kappa shape index (κ1) is 28.8. The number of ether oxygens (including phenoxy) is 2. The van der Waals surface area contributed by atoms with Crippen LogP contribution in [0.1, 0.15) is 93.2 Å². The standard InChI is InChI=1S/C36H48N2O2/c1-4-27-16-13-17-28(5-2)36(27)33-23-35(40-29-18-9-10-19-29)31(25(3)38-33)22-32(37)30-20-11-12-21-34(30)39-24-26-14-7-6-8-15-26/h6-8,13-17,23,29-30,32,34H,4-5,9-12,18-22,24,37H2,1-3H3/t30?,32?,34-/m0/s1. The Morgan fingerprint density at radius 1 is 0.875 bits per heavy atom. The molecule has 40 heavy (non-hydrogen) atoms. The van der Waals surface area contributed by atoms with E-state index in [4.69, 9.17) is 20.2 Å². The molecule has 0 radical (unpaired) electrons. The molecule has 5 rings (SSSR count). The van der Waals surface area contributed by atoms with E-state index in [0.29, 0.717) is 12.5 Å². The first-order chi connectivity index (χ1) is 19.6. The molecular weight excluding hydrogens is 492 g/mol. The highest BCUT2D eigenvalue weighted by molar-refractivity contribution is 5.70. The van der Waals surface area contributed by atoms with Crippen LogP contribution in [-0.2, 0) is 30.6 Å². The van der Waals surface area contributed by atoms with Gasteiger partial charge in [0.05, 0.1) is 24.5 Å². The van der Waals surface area contributed by atoms with Crippen LogP contribution in [0, 0.1) is 12.8 Å². The van der Waals surface area contributed by atoms with Gasteiger partial charge in [-0.25, -0.2) is 0 Å². The molecule has 2 aliphatic rings. The molecule has 0 amide bonds. The van der Waals surface area contributed by atoms with Crippen LogP contribution >= 0.6 is 0 Å². The minimum atomic E-state index is 0.00693. The molecule has 3 aromatic rings. The van der Waals surface area contributed by atoms with Gasteiger partial charge in [0.2, 0.25) is 0 Å². The van der Waals surface area contributed by atoms with Gasteiger partial charge in [-0.1, -0.05) is 75.2 Å². The van der Waals surface area contributed by atoms with Crippen LogP contribution in [0.4, 0.5) is 0 Å². The van der Waals surface area contributed by atoms with Gasteiger partial charge in [-0.15, -0.1) is 0 Å². The van der Waals surface area contributed by atoms with Gasteiger partial charge in [-0.05, 0) is 81.4 Å². The SMILES string of the molecule is CCc1cccc(CC)c1-c1cc(OC2CCCC2)c(CC(N)C2CCCC[C@@H]2OCc2ccccc2)c(C)n1. The Morgan fingerprint density at radius 2 is 1.55 bits per heavy atom. The van der Waals surface area contributed by atoms with Crippen molar-refractivity contribution in [3.05, 3.63) is 82.5 Å². The van der Waals surface area contributed by atoms with Gasteiger partial charge in [0.15, 0.2) is 0 Å². The molecule has 214 valence electrons. The fourth-order valence-electron chi connectivity index (χ4n) is 6.90. The zero-order valence-electron chi connectivity index (χ0n) is 24.8. The van der Waals surface area contributed by atoms with E-state index in [1.807, 2.05) is 0 Å². The summed E-state index contributed by atoms with van der Waals surface area (Å²) in [5.41, 5.74) is 15.5. The van der Waals surface area contributed by atoms with Crippen LogP contribution in [-0.4, -0.2) is 23.2 Å². The molecule has 4 nitrogen and oxygen atoms in total. The molecule has 0 bridgehead atoms. The molecule has 3 atom stereocenters. The second kappa shape index (κ2) is 13.8. The van der Waals surface area contributed by atoms with Gasteiger partial charge in [0, 0.05) is 34.8 Å². The van der Waals surface area contributed by atoms with Crippen molar-refractivity contribution in [3.63, 3.8) is 0 Å². The van der Waals surface area contributed by atoms with E-state index >= 15 is 0 Å². The van der Waals surface area contributed by atoms with E-state index in [0.717, 1.165) is 62.1 Å². The Hall–Kier alpha value is -2.69. The number of pyridine rings is 1. The molecule has 2 saturated carbocycles. The van der Waals surface area contributed by atoms with E-state index in [9.17, 15) is 0 Å². The van der Waals surface area contributed by atoms with Gasteiger partial charge < -0.3 is 15.2 Å². The second-order valence-corrected chi connectivity index (χ2v) is 11.9. The summed E-state index contributed by atoms with van der Waals surface area (Å²) in [6.07, 6.45) is 12.6. The Morgan fingerprint density at radius 3 is 2.25 bits per heavy atom. The largest absolute Gasteiger partial charge is 0.490 e. The van der Waals surface area contributed by atoms with E-state index in [1.165, 1.54) is 53.5 Å². The zero-order chi connectivity index (χ0) is 27.9. The number of benzene rings is 2. The smallest absolute Gasteiger partial charge is 0.126 e. The van der Waals surface area contributed by atoms with E-state index < -0.39 is 0 Å². The third-order valence-corrected chi connectivity index (χ3v) is 9.19. The maximum Gasteiger partial charge on any atom is 0.126 e. The topological polar surface area (TPSA) is 57.4 Å². The number of nitrogens with zero attached hydrogens (tertiary/aromatic N) is 1. The third-order valence-electron chi connectivity index (χ3n) is 9.19. The van der Waals surface area contributed by atoms with Gasteiger partial charge in [-0.2, -0.15) is 0 Å². The maximum atomic E-state index is 7.06. The summed E-state index contributed by atoms with van der Waals surface area (Å²) >= 11 is 0. The summed E-state index contributed by atoms with van der Waals surface area (Å²) in [4.78, 5) is 5.22. The minimum Gasteiger partial charge on any atom is -0.490 e. The van der Waals surface area contributed by atoms with Crippen molar-refractivity contribution in [2.45, 2.75) is 116 Å². The van der Waals surface area contributed by atoms with Gasteiger partial charge >= 0.3 is 0 Å². The van der Waals surface area contributed by atoms with Crippen LogP contribution in [0.5, 0.6) is 5.75 Å². The fourth-order valence-corrected chi connectivity index (χ4v) is 6.90. The van der Waals surface area contributed by atoms with Crippen LogP contribution < -0.4 is 10.5 Å². The average Bonchev–Trinajstić information content (AvgIpc) is 3.51. The highest BCUT2D eigenvalue weighted by atomic mass is 16.5. The highest BCUT2D eigenvalue weighted by Gasteiger charge is 2.32. The Bertz CT molecular complexity index is 1210. The van der Waals surface area contributed by atoms with Crippen molar-refractivity contribution < 1.29 is 9.47 Å². The molecule has 1 aromatic heterocycles. The number of aryl methyl sites for hydroxylation is 3. The van der Waals surface area contributed by atoms with Crippen LogP contribution in [0.3, 0.4) is 0 Å². The molecule has 2 fully saturated rings. The summed E-state index contributed by atoms with van der Waals surface area (Å²) in [6.45, 7) is 7.26. The Balaban J connectivity index is 1.42. The molecule has 0 spiro atoms. The lowest BCUT2D eigenvalue weighted by Crippen LogP contribution is -2.42. The Labute approximate surface area is 241 Å². The third kappa shape index (κ3) is 6.78. The first-order valence-electron chi connectivity index (χ1n) is 15.8. The van der Waals surface area contributed by atoms with Gasteiger partial charge in [0.1, 0.15) is 5.75 Å². The number of nitrogens with two attached hydrogens (primary N) is 1. The Kier molecular flexibility index (Phi) is 9.93. The number of hydrogen-bond donors (Lipinski definition) is 1. The van der Waals surface area contributed by atoms with Crippen molar-refractivity contribution in [3.8, 4) is 17.0 Å². The van der Waals surface area contributed by atoms with E-state index in [2.05, 4.69) is 75.4 Å².